The maximum Gasteiger partial charge on any atom is 0.153 e. The second-order valence-electron chi connectivity index (χ2n) is 3.97. The first-order valence-electron chi connectivity index (χ1n) is 5.63. The fourth-order valence-electron chi connectivity index (χ4n) is 1.78. The van der Waals surface area contributed by atoms with E-state index in [2.05, 4.69) is 5.10 Å². The Morgan fingerprint density at radius 3 is 2.50 bits per heavy atom. The van der Waals surface area contributed by atoms with Gasteiger partial charge in [0, 0.05) is 24.4 Å². The van der Waals surface area contributed by atoms with Crippen LogP contribution >= 0.6 is 0 Å². The van der Waals surface area contributed by atoms with E-state index in [1.807, 2.05) is 6.92 Å². The fourth-order valence-corrected chi connectivity index (χ4v) is 1.78. The van der Waals surface area contributed by atoms with Crippen molar-refractivity contribution in [2.45, 2.75) is 19.9 Å². The van der Waals surface area contributed by atoms with Gasteiger partial charge in [-0.05, 0) is 18.6 Å². The summed E-state index contributed by atoms with van der Waals surface area (Å²) in [5, 5.41) is 4.18. The summed E-state index contributed by atoms with van der Waals surface area (Å²) < 4.78 is 27.9. The topological polar surface area (TPSA) is 34.9 Å². The SMILES string of the molecule is CCCn1cc(C=O)c(-c2cc(F)cc(F)c2)n1. The molecule has 0 radical (unpaired) electrons. The number of carbonyl (C=O) groups excluding carboxylic acids is 1. The van der Waals surface area contributed by atoms with Crippen LogP contribution in [0.1, 0.15) is 23.7 Å². The molecule has 1 aromatic carbocycles. The van der Waals surface area contributed by atoms with E-state index in [0.717, 1.165) is 24.6 Å². The maximum absolute atomic E-state index is 13.1. The number of nitrogens with zero attached hydrogens (tertiary/aromatic N) is 2. The van der Waals surface area contributed by atoms with Crippen molar-refractivity contribution in [3.63, 3.8) is 0 Å². The normalized spacial score (nSPS) is 10.6. The lowest BCUT2D eigenvalue weighted by Crippen LogP contribution is -1.97. The number of aldehydes is 1. The standard InChI is InChI=1S/C13H12F2N2O/c1-2-3-17-7-10(8-18)13(16-17)9-4-11(14)6-12(15)5-9/h4-8H,2-3H2,1H3. The molecule has 0 saturated heterocycles. The smallest absolute Gasteiger partial charge is 0.153 e. The second-order valence-corrected chi connectivity index (χ2v) is 3.97. The molecule has 0 spiro atoms. The molecule has 1 aromatic heterocycles. The molecule has 0 fully saturated rings. The zero-order chi connectivity index (χ0) is 13.1. The van der Waals surface area contributed by atoms with Crippen molar-refractivity contribution in [3.05, 3.63) is 41.6 Å². The Labute approximate surface area is 103 Å². The molecule has 0 aliphatic heterocycles. The molecule has 0 atom stereocenters. The van der Waals surface area contributed by atoms with Crippen LogP contribution in [0.3, 0.4) is 0 Å². The van der Waals surface area contributed by atoms with Gasteiger partial charge in [-0.15, -0.1) is 0 Å². The van der Waals surface area contributed by atoms with Crippen LogP contribution < -0.4 is 0 Å². The monoisotopic (exact) mass is 250 g/mol. The summed E-state index contributed by atoms with van der Waals surface area (Å²) in [4.78, 5) is 10.9. The summed E-state index contributed by atoms with van der Waals surface area (Å²) >= 11 is 0. The van der Waals surface area contributed by atoms with Crippen LogP contribution in [-0.2, 0) is 6.54 Å². The van der Waals surface area contributed by atoms with Gasteiger partial charge >= 0.3 is 0 Å². The summed E-state index contributed by atoms with van der Waals surface area (Å²) in [6.07, 6.45) is 3.07. The molecule has 0 unspecified atom stereocenters. The highest BCUT2D eigenvalue weighted by atomic mass is 19.1. The minimum Gasteiger partial charge on any atom is -0.298 e. The summed E-state index contributed by atoms with van der Waals surface area (Å²) in [5.41, 5.74) is 0.898. The first-order valence-corrected chi connectivity index (χ1v) is 5.63. The summed E-state index contributed by atoms with van der Waals surface area (Å²) in [6.45, 7) is 2.63. The molecule has 1 heterocycles. The molecule has 0 N–H and O–H groups in total. The van der Waals surface area contributed by atoms with E-state index in [0.29, 0.717) is 24.1 Å². The molecule has 0 aliphatic carbocycles. The molecule has 5 heteroatoms. The number of hydrogen-bond donors (Lipinski definition) is 0. The van der Waals surface area contributed by atoms with Gasteiger partial charge in [0.1, 0.15) is 17.3 Å². The van der Waals surface area contributed by atoms with Crippen LogP contribution in [0.15, 0.2) is 24.4 Å². The van der Waals surface area contributed by atoms with Crippen molar-refractivity contribution in [1.29, 1.82) is 0 Å². The molecule has 0 saturated carbocycles. The lowest BCUT2D eigenvalue weighted by molar-refractivity contribution is 0.112. The van der Waals surface area contributed by atoms with Gasteiger partial charge in [-0.2, -0.15) is 5.10 Å². The van der Waals surface area contributed by atoms with Gasteiger partial charge in [-0.25, -0.2) is 8.78 Å². The average Bonchev–Trinajstić information content (AvgIpc) is 2.71. The predicted molar refractivity (Wildman–Crippen MR) is 63.3 cm³/mol. The molecule has 2 rings (SSSR count). The average molecular weight is 250 g/mol. The van der Waals surface area contributed by atoms with Gasteiger partial charge in [0.15, 0.2) is 6.29 Å². The predicted octanol–water partition coefficient (Wildman–Crippen LogP) is 3.05. The van der Waals surface area contributed by atoms with Crippen LogP contribution in [0.4, 0.5) is 8.78 Å². The molecule has 0 amide bonds. The van der Waals surface area contributed by atoms with Crippen LogP contribution in [0.25, 0.3) is 11.3 Å². The minimum absolute atomic E-state index is 0.268. The zero-order valence-electron chi connectivity index (χ0n) is 9.86. The number of benzene rings is 1. The van der Waals surface area contributed by atoms with E-state index < -0.39 is 11.6 Å². The van der Waals surface area contributed by atoms with Gasteiger partial charge in [0.05, 0.1) is 5.56 Å². The van der Waals surface area contributed by atoms with Gasteiger partial charge in [0.2, 0.25) is 0 Å². The van der Waals surface area contributed by atoms with Crippen molar-refractivity contribution in [1.82, 2.24) is 9.78 Å². The molecule has 94 valence electrons. The first kappa shape index (κ1) is 12.4. The van der Waals surface area contributed by atoms with Gasteiger partial charge in [-0.1, -0.05) is 6.92 Å². The number of rotatable bonds is 4. The Morgan fingerprint density at radius 1 is 1.28 bits per heavy atom. The number of hydrogen-bond acceptors (Lipinski definition) is 2. The van der Waals surface area contributed by atoms with E-state index in [-0.39, 0.29) is 5.56 Å². The van der Waals surface area contributed by atoms with Crippen molar-refractivity contribution < 1.29 is 13.6 Å². The van der Waals surface area contributed by atoms with E-state index in [4.69, 9.17) is 0 Å². The largest absolute Gasteiger partial charge is 0.298 e. The Hall–Kier alpha value is -2.04. The summed E-state index contributed by atoms with van der Waals surface area (Å²) in [6, 6.07) is 3.11. The van der Waals surface area contributed by atoms with Crippen molar-refractivity contribution in [2.75, 3.05) is 0 Å². The zero-order valence-corrected chi connectivity index (χ0v) is 9.86. The maximum atomic E-state index is 13.1. The molecule has 3 nitrogen and oxygen atoms in total. The quantitative estimate of drug-likeness (QED) is 0.782. The van der Waals surface area contributed by atoms with Crippen LogP contribution in [-0.4, -0.2) is 16.1 Å². The third-order valence-electron chi connectivity index (χ3n) is 2.51. The molecule has 0 aliphatic rings. The van der Waals surface area contributed by atoms with Gasteiger partial charge in [-0.3, -0.25) is 9.48 Å². The third kappa shape index (κ3) is 2.45. The lowest BCUT2D eigenvalue weighted by Gasteiger charge is -2.00. The Morgan fingerprint density at radius 2 is 1.94 bits per heavy atom. The van der Waals surface area contributed by atoms with E-state index in [1.165, 1.54) is 0 Å². The Kier molecular flexibility index (Phi) is 3.50. The highest BCUT2D eigenvalue weighted by Crippen LogP contribution is 2.23. The highest BCUT2D eigenvalue weighted by molar-refractivity contribution is 5.85. The number of halogens is 2. The molecular weight excluding hydrogens is 238 g/mol. The van der Waals surface area contributed by atoms with Crippen molar-refractivity contribution >= 4 is 6.29 Å². The minimum atomic E-state index is -0.688. The highest BCUT2D eigenvalue weighted by Gasteiger charge is 2.12. The van der Waals surface area contributed by atoms with Gasteiger partial charge in [0.25, 0.3) is 0 Å². The molecule has 2 aromatic rings. The summed E-state index contributed by atoms with van der Waals surface area (Å²) in [5.74, 6) is -1.38. The van der Waals surface area contributed by atoms with Crippen molar-refractivity contribution in [2.24, 2.45) is 0 Å². The molecule has 0 bridgehead atoms. The second kappa shape index (κ2) is 5.08. The Balaban J connectivity index is 2.51. The van der Waals surface area contributed by atoms with Crippen LogP contribution in [0.2, 0.25) is 0 Å². The van der Waals surface area contributed by atoms with Crippen LogP contribution in [0.5, 0.6) is 0 Å². The molecular formula is C13H12F2N2O. The number of aryl methyl sites for hydroxylation is 1. The van der Waals surface area contributed by atoms with Crippen molar-refractivity contribution in [3.8, 4) is 11.3 Å². The third-order valence-corrected chi connectivity index (χ3v) is 2.51. The number of carbonyl (C=O) groups is 1. The van der Waals surface area contributed by atoms with E-state index in [9.17, 15) is 13.6 Å². The lowest BCUT2D eigenvalue weighted by atomic mass is 10.1. The van der Waals surface area contributed by atoms with Crippen LogP contribution in [0, 0.1) is 11.6 Å². The van der Waals surface area contributed by atoms with E-state index >= 15 is 0 Å². The van der Waals surface area contributed by atoms with E-state index in [1.54, 1.807) is 10.9 Å². The number of aromatic nitrogens is 2. The fraction of sp³-hybridized carbons (Fsp3) is 0.231. The van der Waals surface area contributed by atoms with Gasteiger partial charge < -0.3 is 0 Å². The first-order chi connectivity index (χ1) is 8.63. The molecule has 18 heavy (non-hydrogen) atoms. The Bertz CT molecular complexity index is 558. The summed E-state index contributed by atoms with van der Waals surface area (Å²) in [7, 11) is 0.